The van der Waals surface area contributed by atoms with E-state index in [0.717, 1.165) is 22.6 Å². The number of hydrogen-bond donors (Lipinski definition) is 4. The first kappa shape index (κ1) is 65.4. The molecule has 5 amide bonds. The van der Waals surface area contributed by atoms with E-state index in [9.17, 15) is 43.5 Å². The van der Waals surface area contributed by atoms with E-state index in [-0.39, 0.29) is 81.1 Å². The molecule has 0 unspecified atom stereocenters. The predicted octanol–water partition coefficient (Wildman–Crippen LogP) is 6.97. The van der Waals surface area contributed by atoms with E-state index in [4.69, 9.17) is 28.4 Å². The highest BCUT2D eigenvalue weighted by Crippen LogP contribution is 2.65. The standard InChI is InChI=1S/C28H39N3O7.C19H26N2O6.C9H15NO2.ClH/c1-8-14-30(26(35)37-17-18-12-10-9-11-13-18)16-20(29-25(34)38-27(2,3)4)23(32)31-15-19-21(28(19,5)6)22(31)24(33)36-7;1-5-11-21(18(25)26-13-14-9-7-6-8-10-14)12-15(16(22)23)20-17(24)27-19(2,3)4;1-9(2)5-4-10-7(6(5)9)8(11)12-3;/h8-13,19-22H,1,14-17H2,2-7H3,(H,29,34);5-10,15H,1,11-13H2,2-4H3,(H,20,24)(H,22,23);5-7,10H,4H2,1-3H3;1H/t19-,20-,21-,22-;15-;5-,6-,7-;/m000./s1. The van der Waals surface area contributed by atoms with Crippen molar-refractivity contribution in [1.29, 1.82) is 0 Å². The number of methoxy groups -OCH3 is 2. The summed E-state index contributed by atoms with van der Waals surface area (Å²) in [6, 6.07) is 14.9. The molecule has 432 valence electrons. The molecule has 2 heterocycles. The van der Waals surface area contributed by atoms with Crippen molar-refractivity contribution in [1.82, 2.24) is 30.7 Å². The zero-order valence-corrected chi connectivity index (χ0v) is 47.8. The number of piperidine rings is 2. The van der Waals surface area contributed by atoms with Crippen LogP contribution < -0.4 is 16.0 Å². The maximum atomic E-state index is 13.8. The quantitative estimate of drug-likeness (QED) is 0.0667. The predicted molar refractivity (Wildman–Crippen MR) is 291 cm³/mol. The third kappa shape index (κ3) is 18.4. The molecule has 4 N–H and O–H groups in total. The Bertz CT molecular complexity index is 2410. The van der Waals surface area contributed by atoms with Gasteiger partial charge in [0, 0.05) is 25.6 Å². The summed E-state index contributed by atoms with van der Waals surface area (Å²) < 4.78 is 30.9. The Balaban J connectivity index is 0.000000345. The minimum atomic E-state index is -1.36. The summed E-state index contributed by atoms with van der Waals surface area (Å²) in [4.78, 5) is 103. The lowest BCUT2D eigenvalue weighted by Gasteiger charge is -2.34. The number of ether oxygens (including phenoxy) is 6. The normalized spacial score (nSPS) is 21.3. The van der Waals surface area contributed by atoms with Crippen LogP contribution in [0.25, 0.3) is 0 Å². The van der Waals surface area contributed by atoms with Crippen molar-refractivity contribution in [2.75, 3.05) is 53.5 Å². The van der Waals surface area contributed by atoms with Crippen LogP contribution >= 0.6 is 12.4 Å². The fourth-order valence-corrected chi connectivity index (χ4v) is 9.77. The number of likely N-dealkylation sites (tertiary alicyclic amines) is 1. The topological polar surface area (TPSA) is 258 Å². The van der Waals surface area contributed by atoms with E-state index in [2.05, 4.69) is 56.8 Å². The van der Waals surface area contributed by atoms with Crippen LogP contribution in [0.1, 0.15) is 80.4 Å². The second kappa shape index (κ2) is 28.1. The number of esters is 2. The van der Waals surface area contributed by atoms with Crippen LogP contribution in [0, 0.1) is 34.5 Å². The number of amides is 5. The zero-order chi connectivity index (χ0) is 57.6. The van der Waals surface area contributed by atoms with Crippen molar-refractivity contribution >= 4 is 60.6 Å². The number of aliphatic carboxylic acids is 1. The highest BCUT2D eigenvalue weighted by atomic mass is 35.5. The number of rotatable bonds is 18. The molecule has 0 aromatic heterocycles. The van der Waals surface area contributed by atoms with Gasteiger partial charge in [-0.3, -0.25) is 9.59 Å². The van der Waals surface area contributed by atoms with E-state index in [1.807, 2.05) is 48.5 Å². The van der Waals surface area contributed by atoms with Gasteiger partial charge in [0.25, 0.3) is 0 Å². The summed E-state index contributed by atoms with van der Waals surface area (Å²) in [5, 5.41) is 17.4. The van der Waals surface area contributed by atoms with E-state index in [1.165, 1.54) is 36.2 Å². The lowest BCUT2D eigenvalue weighted by Crippen LogP contribution is -2.58. The molecule has 2 aromatic rings. The summed E-state index contributed by atoms with van der Waals surface area (Å²) in [7, 11) is 2.74. The third-order valence-electron chi connectivity index (χ3n) is 13.9. The third-order valence-corrected chi connectivity index (χ3v) is 13.9. The summed E-state index contributed by atoms with van der Waals surface area (Å²) in [5.41, 5.74) is 0.276. The molecule has 2 aromatic carbocycles. The minimum absolute atomic E-state index is 0. The second-order valence-corrected chi connectivity index (χ2v) is 22.5. The monoisotopic (exact) mass is 1110 g/mol. The SMILES string of the molecule is C=CCN(C[C@H](NC(=O)OC(C)(C)C)C(=O)N1C[C@H]2[C@@H]([C@H]1C(=O)OC)C2(C)C)C(=O)OCc1ccccc1.C=CCN(C[C@H](NC(=O)OC(C)(C)C)C(=O)O)C(=O)OCc1ccccc1.COC(=O)[C@H]1NC[C@H]2[C@@H]1C2(C)C.Cl. The van der Waals surface area contributed by atoms with Gasteiger partial charge >= 0.3 is 42.3 Å². The van der Waals surface area contributed by atoms with Gasteiger partial charge in [0.15, 0.2) is 0 Å². The van der Waals surface area contributed by atoms with Gasteiger partial charge in [-0.15, -0.1) is 25.6 Å². The van der Waals surface area contributed by atoms with Gasteiger partial charge in [-0.2, -0.15) is 0 Å². The fraction of sp³-hybridized carbons (Fsp3) is 0.571. The number of carbonyl (C=O) groups is 8. The molecular weight excluding hydrogens is 1030 g/mol. The van der Waals surface area contributed by atoms with Gasteiger partial charge in [-0.1, -0.05) is 101 Å². The van der Waals surface area contributed by atoms with Crippen LogP contribution in [-0.2, 0) is 60.8 Å². The molecule has 2 aliphatic carbocycles. The number of carbonyl (C=O) groups excluding carboxylic acids is 7. The van der Waals surface area contributed by atoms with Crippen molar-refractivity contribution in [2.24, 2.45) is 34.5 Å². The lowest BCUT2D eigenvalue weighted by molar-refractivity contribution is -0.153. The molecule has 2 saturated carbocycles. The molecule has 8 atom stereocenters. The molecule has 6 rings (SSSR count). The number of halogens is 1. The first-order chi connectivity index (χ1) is 36.0. The number of nitrogens with zero attached hydrogens (tertiary/aromatic N) is 3. The maximum Gasteiger partial charge on any atom is 0.410 e. The van der Waals surface area contributed by atoms with E-state index in [0.29, 0.717) is 23.8 Å². The average molecular weight is 1110 g/mol. The van der Waals surface area contributed by atoms with Crippen molar-refractivity contribution in [3.05, 3.63) is 97.1 Å². The van der Waals surface area contributed by atoms with Gasteiger partial charge in [0.2, 0.25) is 5.91 Å². The summed E-state index contributed by atoms with van der Waals surface area (Å²) >= 11 is 0. The smallest absolute Gasteiger partial charge is 0.410 e. The molecule has 4 aliphatic rings. The Morgan fingerprint density at radius 3 is 1.50 bits per heavy atom. The Hall–Kier alpha value is -6.87. The van der Waals surface area contributed by atoms with Gasteiger partial charge in [-0.25, -0.2) is 28.8 Å². The lowest BCUT2D eigenvalue weighted by atomic mass is 10.0. The van der Waals surface area contributed by atoms with Gasteiger partial charge in [0.05, 0.1) is 27.3 Å². The molecule has 78 heavy (non-hydrogen) atoms. The van der Waals surface area contributed by atoms with Crippen LogP contribution in [0.5, 0.6) is 0 Å². The van der Waals surface area contributed by atoms with Crippen molar-refractivity contribution < 1.29 is 71.9 Å². The van der Waals surface area contributed by atoms with Gasteiger partial charge in [-0.05, 0) is 87.8 Å². The van der Waals surface area contributed by atoms with E-state index >= 15 is 0 Å². The Kier molecular flexibility index (Phi) is 23.6. The van der Waals surface area contributed by atoms with Gasteiger partial charge < -0.3 is 64.2 Å². The molecule has 0 bridgehead atoms. The molecule has 2 aliphatic heterocycles. The largest absolute Gasteiger partial charge is 0.480 e. The molecule has 21 nitrogen and oxygen atoms in total. The zero-order valence-electron chi connectivity index (χ0n) is 47.0. The molecular formula is C56H81ClN6O15. The minimum Gasteiger partial charge on any atom is -0.480 e. The summed E-state index contributed by atoms with van der Waals surface area (Å²) in [5.74, 6) is -1.12. The summed E-state index contributed by atoms with van der Waals surface area (Å²) in [6.45, 7) is 27.0. The second-order valence-electron chi connectivity index (χ2n) is 22.5. The number of carboxylic acid groups (broad SMARTS) is 1. The number of alkyl carbamates (subject to hydrolysis) is 2. The first-order valence-electron chi connectivity index (χ1n) is 25.6. The maximum absolute atomic E-state index is 13.8. The Morgan fingerprint density at radius 2 is 1.12 bits per heavy atom. The summed E-state index contributed by atoms with van der Waals surface area (Å²) in [6.07, 6.45) is -0.138. The molecule has 2 saturated heterocycles. The van der Waals surface area contributed by atoms with Crippen LogP contribution in [-0.4, -0.2) is 157 Å². The number of nitrogens with one attached hydrogen (secondary N) is 3. The highest BCUT2D eigenvalue weighted by molar-refractivity contribution is 5.92. The van der Waals surface area contributed by atoms with E-state index < -0.39 is 71.5 Å². The fourth-order valence-electron chi connectivity index (χ4n) is 9.77. The van der Waals surface area contributed by atoms with Crippen LogP contribution in [0.15, 0.2) is 86.0 Å². The average Bonchev–Trinajstić information content (AvgIpc) is 3.79. The Labute approximate surface area is 464 Å². The number of carboxylic acids is 1. The van der Waals surface area contributed by atoms with Crippen LogP contribution in [0.3, 0.4) is 0 Å². The van der Waals surface area contributed by atoms with Crippen LogP contribution in [0.2, 0.25) is 0 Å². The first-order valence-corrected chi connectivity index (χ1v) is 25.6. The number of hydrogen-bond acceptors (Lipinski definition) is 15. The van der Waals surface area contributed by atoms with E-state index in [1.54, 1.807) is 53.7 Å². The van der Waals surface area contributed by atoms with Gasteiger partial charge in [0.1, 0.15) is 48.6 Å². The Morgan fingerprint density at radius 1 is 0.692 bits per heavy atom. The highest BCUT2D eigenvalue weighted by Gasteiger charge is 2.70. The molecule has 4 fully saturated rings. The number of fused-ring (bicyclic) bond motifs is 2. The van der Waals surface area contributed by atoms with Crippen molar-refractivity contribution in [3.63, 3.8) is 0 Å². The van der Waals surface area contributed by atoms with Crippen molar-refractivity contribution in [2.45, 2.75) is 118 Å². The molecule has 0 spiro atoms. The molecule has 22 heteroatoms. The van der Waals surface area contributed by atoms with Crippen LogP contribution in [0.4, 0.5) is 19.2 Å². The van der Waals surface area contributed by atoms with Crippen molar-refractivity contribution in [3.8, 4) is 0 Å². The molecule has 0 radical (unpaired) electrons. The number of benzene rings is 2.